The summed E-state index contributed by atoms with van der Waals surface area (Å²) in [5, 5.41) is 4.95. The van der Waals surface area contributed by atoms with Crippen molar-refractivity contribution in [2.75, 3.05) is 5.32 Å². The Labute approximate surface area is 122 Å². The highest BCUT2D eigenvalue weighted by Crippen LogP contribution is 2.63. The number of rotatable bonds is 2. The molecule has 3 rings (SSSR count). The fourth-order valence-corrected chi connectivity index (χ4v) is 3.92. The fraction of sp³-hybridized carbons (Fsp3) is 0.571. The van der Waals surface area contributed by atoms with E-state index in [4.69, 9.17) is 11.6 Å². The Hall–Kier alpha value is -0.870. The molecule has 2 aromatic heterocycles. The Morgan fingerprint density at radius 3 is 2.42 bits per heavy atom. The summed E-state index contributed by atoms with van der Waals surface area (Å²) in [6.45, 7) is 11.2. The van der Waals surface area contributed by atoms with E-state index in [2.05, 4.69) is 56.0 Å². The molecule has 102 valence electrons. The molecule has 0 atom stereocenters. The predicted molar refractivity (Wildman–Crippen MR) is 82.1 cm³/mol. The van der Waals surface area contributed by atoms with Crippen LogP contribution in [0.3, 0.4) is 0 Å². The van der Waals surface area contributed by atoms with E-state index in [1.54, 1.807) is 11.3 Å². The third-order valence-corrected chi connectivity index (χ3v) is 5.90. The highest BCUT2D eigenvalue weighted by molar-refractivity contribution is 7.18. The van der Waals surface area contributed by atoms with Gasteiger partial charge < -0.3 is 5.32 Å². The third-order valence-electron chi connectivity index (χ3n) is 4.79. The van der Waals surface area contributed by atoms with Gasteiger partial charge in [-0.15, -0.1) is 11.3 Å². The third kappa shape index (κ3) is 1.84. The highest BCUT2D eigenvalue weighted by atomic mass is 35.5. The number of aromatic nitrogens is 2. The van der Waals surface area contributed by atoms with Gasteiger partial charge in [-0.3, -0.25) is 0 Å². The summed E-state index contributed by atoms with van der Waals surface area (Å²) < 4.78 is 0. The number of nitrogens with one attached hydrogen (secondary N) is 1. The number of aryl methyl sites for hydroxylation is 1. The summed E-state index contributed by atoms with van der Waals surface area (Å²) in [5.41, 5.74) is 0.531. The van der Waals surface area contributed by atoms with E-state index < -0.39 is 0 Å². The topological polar surface area (TPSA) is 37.8 Å². The second-order valence-corrected chi connectivity index (χ2v) is 8.01. The molecule has 1 N–H and O–H groups in total. The van der Waals surface area contributed by atoms with Gasteiger partial charge >= 0.3 is 0 Å². The van der Waals surface area contributed by atoms with Crippen molar-refractivity contribution in [1.29, 1.82) is 0 Å². The molecular weight excluding hydrogens is 278 g/mol. The average Bonchev–Trinajstić information content (AvgIpc) is 2.61. The average molecular weight is 296 g/mol. The molecule has 1 aliphatic carbocycles. The van der Waals surface area contributed by atoms with E-state index >= 15 is 0 Å². The van der Waals surface area contributed by atoms with Crippen LogP contribution in [0.5, 0.6) is 0 Å². The van der Waals surface area contributed by atoms with Crippen LogP contribution in [0.1, 0.15) is 32.6 Å². The van der Waals surface area contributed by atoms with Crippen molar-refractivity contribution in [1.82, 2.24) is 9.97 Å². The van der Waals surface area contributed by atoms with Gasteiger partial charge in [0.2, 0.25) is 5.28 Å². The van der Waals surface area contributed by atoms with Crippen molar-refractivity contribution in [3.63, 3.8) is 0 Å². The molecule has 0 unspecified atom stereocenters. The van der Waals surface area contributed by atoms with Crippen LogP contribution in [0.2, 0.25) is 5.28 Å². The van der Waals surface area contributed by atoms with Crippen LogP contribution in [-0.4, -0.2) is 16.0 Å². The first-order chi connectivity index (χ1) is 8.73. The smallest absolute Gasteiger partial charge is 0.225 e. The SMILES string of the molecule is Cc1cc2c(NC3C(C)(C)C3(C)C)nc(Cl)nc2s1. The second kappa shape index (κ2) is 3.83. The summed E-state index contributed by atoms with van der Waals surface area (Å²) >= 11 is 7.68. The van der Waals surface area contributed by atoms with Crippen molar-refractivity contribution in [3.8, 4) is 0 Å². The van der Waals surface area contributed by atoms with Crippen molar-refractivity contribution >= 4 is 39.0 Å². The summed E-state index contributed by atoms with van der Waals surface area (Å²) in [4.78, 5) is 10.8. The molecule has 2 aromatic rings. The molecule has 0 radical (unpaired) electrons. The van der Waals surface area contributed by atoms with Crippen molar-refractivity contribution < 1.29 is 0 Å². The van der Waals surface area contributed by atoms with Gasteiger partial charge in [-0.05, 0) is 35.4 Å². The van der Waals surface area contributed by atoms with Crippen LogP contribution in [0.4, 0.5) is 5.82 Å². The molecule has 0 bridgehead atoms. The Morgan fingerprint density at radius 2 is 1.84 bits per heavy atom. The number of fused-ring (bicyclic) bond motifs is 1. The normalized spacial score (nSPS) is 20.7. The van der Waals surface area contributed by atoms with E-state index in [1.807, 2.05) is 0 Å². The van der Waals surface area contributed by atoms with Gasteiger partial charge in [0.15, 0.2) is 0 Å². The number of hydrogen-bond acceptors (Lipinski definition) is 4. The summed E-state index contributed by atoms with van der Waals surface area (Å²) in [5.74, 6) is 0.864. The van der Waals surface area contributed by atoms with Crippen LogP contribution in [0.15, 0.2) is 6.07 Å². The summed E-state index contributed by atoms with van der Waals surface area (Å²) in [6.07, 6.45) is 0. The molecule has 1 saturated carbocycles. The molecule has 2 heterocycles. The maximum Gasteiger partial charge on any atom is 0.225 e. The minimum absolute atomic E-state index is 0.266. The molecule has 0 saturated heterocycles. The Morgan fingerprint density at radius 1 is 1.21 bits per heavy atom. The van der Waals surface area contributed by atoms with E-state index in [-0.39, 0.29) is 10.8 Å². The van der Waals surface area contributed by atoms with Gasteiger partial charge in [-0.2, -0.15) is 0 Å². The molecule has 0 spiro atoms. The lowest BCUT2D eigenvalue weighted by molar-refractivity contribution is 0.457. The number of hydrogen-bond donors (Lipinski definition) is 1. The van der Waals surface area contributed by atoms with Crippen molar-refractivity contribution in [2.45, 2.75) is 40.7 Å². The number of nitrogens with zero attached hydrogens (tertiary/aromatic N) is 2. The van der Waals surface area contributed by atoms with Crippen molar-refractivity contribution in [3.05, 3.63) is 16.2 Å². The minimum atomic E-state index is 0.266. The second-order valence-electron chi connectivity index (χ2n) is 6.44. The van der Waals surface area contributed by atoms with E-state index in [1.165, 1.54) is 4.88 Å². The van der Waals surface area contributed by atoms with Gasteiger partial charge in [-0.1, -0.05) is 27.7 Å². The first-order valence-corrected chi connectivity index (χ1v) is 7.63. The molecule has 5 heteroatoms. The molecule has 3 nitrogen and oxygen atoms in total. The quantitative estimate of drug-likeness (QED) is 0.829. The number of thiophene rings is 1. The molecule has 0 aliphatic heterocycles. The van der Waals surface area contributed by atoms with Gasteiger partial charge in [0.25, 0.3) is 0 Å². The zero-order chi connectivity index (χ0) is 14.0. The molecule has 0 amide bonds. The number of halogens is 1. The van der Waals surface area contributed by atoms with E-state index in [0.717, 1.165) is 16.0 Å². The monoisotopic (exact) mass is 295 g/mol. The maximum atomic E-state index is 6.02. The van der Waals surface area contributed by atoms with Gasteiger partial charge in [0.05, 0.1) is 5.39 Å². The zero-order valence-corrected chi connectivity index (χ0v) is 13.4. The van der Waals surface area contributed by atoms with E-state index in [9.17, 15) is 0 Å². The fourth-order valence-electron chi connectivity index (χ4n) is 2.82. The van der Waals surface area contributed by atoms with Crippen molar-refractivity contribution in [2.24, 2.45) is 10.8 Å². The van der Waals surface area contributed by atoms with E-state index in [0.29, 0.717) is 11.3 Å². The Kier molecular flexibility index (Phi) is 2.64. The van der Waals surface area contributed by atoms with Crippen LogP contribution in [0.25, 0.3) is 10.2 Å². The van der Waals surface area contributed by atoms with Gasteiger partial charge in [0.1, 0.15) is 10.6 Å². The highest BCUT2D eigenvalue weighted by Gasteiger charge is 2.65. The van der Waals surface area contributed by atoms with Crippen LogP contribution in [-0.2, 0) is 0 Å². The van der Waals surface area contributed by atoms with Crippen LogP contribution in [0, 0.1) is 17.8 Å². The lowest BCUT2D eigenvalue weighted by Crippen LogP contribution is -2.11. The Balaban J connectivity index is 2.02. The lowest BCUT2D eigenvalue weighted by atomic mass is 10.0. The molecule has 1 aliphatic rings. The standard InChI is InChI=1S/C14H18ClN3S/c1-7-6-8-9(17-12(15)18-10(8)19-7)16-11-13(2,3)14(11,4)5/h6,11H,1-5H3,(H,16,17,18). The predicted octanol–water partition coefficient (Wildman–Crippen LogP) is 4.50. The van der Waals surface area contributed by atoms with Gasteiger partial charge in [-0.25, -0.2) is 9.97 Å². The molecule has 0 aromatic carbocycles. The molecule has 19 heavy (non-hydrogen) atoms. The van der Waals surface area contributed by atoms with Crippen LogP contribution < -0.4 is 5.32 Å². The summed E-state index contributed by atoms with van der Waals surface area (Å²) in [6, 6.07) is 2.54. The minimum Gasteiger partial charge on any atom is -0.366 e. The zero-order valence-electron chi connectivity index (χ0n) is 11.8. The lowest BCUT2D eigenvalue weighted by Gasteiger charge is -2.08. The summed E-state index contributed by atoms with van der Waals surface area (Å²) in [7, 11) is 0. The molecule has 1 fully saturated rings. The Bertz CT molecular complexity index is 646. The first-order valence-electron chi connectivity index (χ1n) is 6.44. The number of anilines is 1. The molecular formula is C14H18ClN3S. The maximum absolute atomic E-state index is 6.02. The van der Waals surface area contributed by atoms with Crippen LogP contribution >= 0.6 is 22.9 Å². The van der Waals surface area contributed by atoms with Gasteiger partial charge in [0, 0.05) is 10.9 Å². The largest absolute Gasteiger partial charge is 0.366 e. The first kappa shape index (κ1) is 13.1.